The molecule has 0 radical (unpaired) electrons. The molecule has 0 bridgehead atoms. The summed E-state index contributed by atoms with van der Waals surface area (Å²) in [6.07, 6.45) is 0.0843. The van der Waals surface area contributed by atoms with Crippen molar-refractivity contribution in [3.8, 4) is 0 Å². The maximum atomic E-state index is 6.06. The molecule has 6 heteroatoms. The maximum absolute atomic E-state index is 6.06. The van der Waals surface area contributed by atoms with Gasteiger partial charge in [-0.05, 0) is 19.1 Å². The SMILES string of the molecule is Cc1nc2cc(NCC3COCCO3)c(N)cc2s1. The molecule has 102 valence electrons. The van der Waals surface area contributed by atoms with Crippen LogP contribution < -0.4 is 11.1 Å². The number of aryl methyl sites for hydroxylation is 1. The minimum Gasteiger partial charge on any atom is -0.397 e. The van der Waals surface area contributed by atoms with Gasteiger partial charge in [-0.15, -0.1) is 11.3 Å². The molecule has 0 aliphatic carbocycles. The Morgan fingerprint density at radius 2 is 2.37 bits per heavy atom. The van der Waals surface area contributed by atoms with Crippen LogP contribution in [0.25, 0.3) is 10.2 Å². The van der Waals surface area contributed by atoms with E-state index in [0.717, 1.165) is 26.6 Å². The van der Waals surface area contributed by atoms with E-state index in [9.17, 15) is 0 Å². The van der Waals surface area contributed by atoms with Crippen LogP contribution in [0.1, 0.15) is 5.01 Å². The predicted molar refractivity (Wildman–Crippen MR) is 77.8 cm³/mol. The van der Waals surface area contributed by atoms with Gasteiger partial charge in [0.25, 0.3) is 0 Å². The Balaban J connectivity index is 1.74. The van der Waals surface area contributed by atoms with Gasteiger partial charge in [0.15, 0.2) is 0 Å². The zero-order valence-corrected chi connectivity index (χ0v) is 11.6. The van der Waals surface area contributed by atoms with Crippen molar-refractivity contribution in [2.75, 3.05) is 37.4 Å². The average molecular weight is 279 g/mol. The lowest BCUT2D eigenvalue weighted by molar-refractivity contribution is -0.0818. The first-order valence-corrected chi connectivity index (χ1v) is 7.14. The van der Waals surface area contributed by atoms with Crippen LogP contribution in [0.15, 0.2) is 12.1 Å². The molecule has 1 atom stereocenters. The number of anilines is 2. The summed E-state index contributed by atoms with van der Waals surface area (Å²) in [5.41, 5.74) is 8.69. The van der Waals surface area contributed by atoms with Crippen molar-refractivity contribution in [1.29, 1.82) is 0 Å². The van der Waals surface area contributed by atoms with Crippen LogP contribution in [0.3, 0.4) is 0 Å². The fourth-order valence-corrected chi connectivity index (χ4v) is 2.99. The second kappa shape index (κ2) is 5.32. The molecule has 2 aromatic rings. The van der Waals surface area contributed by atoms with E-state index in [-0.39, 0.29) is 6.10 Å². The van der Waals surface area contributed by atoms with Gasteiger partial charge in [0.2, 0.25) is 0 Å². The first-order chi connectivity index (χ1) is 9.22. The number of rotatable bonds is 3. The van der Waals surface area contributed by atoms with E-state index in [0.29, 0.717) is 26.4 Å². The van der Waals surface area contributed by atoms with Crippen LogP contribution in [0.5, 0.6) is 0 Å². The van der Waals surface area contributed by atoms with Crippen LogP contribution in [-0.4, -0.2) is 37.5 Å². The van der Waals surface area contributed by atoms with Gasteiger partial charge in [-0.2, -0.15) is 0 Å². The molecule has 3 rings (SSSR count). The zero-order valence-electron chi connectivity index (χ0n) is 10.8. The van der Waals surface area contributed by atoms with Gasteiger partial charge < -0.3 is 20.5 Å². The van der Waals surface area contributed by atoms with Crippen molar-refractivity contribution >= 4 is 32.9 Å². The zero-order chi connectivity index (χ0) is 13.2. The van der Waals surface area contributed by atoms with Gasteiger partial charge in [0, 0.05) is 6.54 Å². The van der Waals surface area contributed by atoms with E-state index in [1.54, 1.807) is 11.3 Å². The summed E-state index contributed by atoms with van der Waals surface area (Å²) >= 11 is 1.66. The molecule has 1 aliphatic heterocycles. The summed E-state index contributed by atoms with van der Waals surface area (Å²) in [7, 11) is 0. The highest BCUT2D eigenvalue weighted by Crippen LogP contribution is 2.29. The minimum atomic E-state index is 0.0843. The third kappa shape index (κ3) is 2.80. The number of hydrogen-bond donors (Lipinski definition) is 2. The predicted octanol–water partition coefficient (Wildman–Crippen LogP) is 2.01. The average Bonchev–Trinajstić information content (AvgIpc) is 2.76. The molecule has 0 spiro atoms. The summed E-state index contributed by atoms with van der Waals surface area (Å²) in [6, 6.07) is 3.97. The third-order valence-corrected chi connectivity index (χ3v) is 4.01. The van der Waals surface area contributed by atoms with Crippen LogP contribution in [0.4, 0.5) is 11.4 Å². The van der Waals surface area contributed by atoms with Gasteiger partial charge in [-0.25, -0.2) is 4.98 Å². The quantitative estimate of drug-likeness (QED) is 0.841. The van der Waals surface area contributed by atoms with E-state index in [4.69, 9.17) is 15.2 Å². The summed E-state index contributed by atoms with van der Waals surface area (Å²) in [5.74, 6) is 0. The highest BCUT2D eigenvalue weighted by molar-refractivity contribution is 7.18. The van der Waals surface area contributed by atoms with Gasteiger partial charge in [-0.3, -0.25) is 0 Å². The Morgan fingerprint density at radius 1 is 1.47 bits per heavy atom. The Morgan fingerprint density at radius 3 is 3.16 bits per heavy atom. The first kappa shape index (κ1) is 12.7. The molecule has 0 saturated carbocycles. The maximum Gasteiger partial charge on any atom is 0.0981 e. The second-order valence-corrected chi connectivity index (χ2v) is 5.82. The summed E-state index contributed by atoms with van der Waals surface area (Å²) in [4.78, 5) is 4.48. The number of ether oxygens (including phenoxy) is 2. The Hall–Kier alpha value is -1.37. The number of nitrogens with one attached hydrogen (secondary N) is 1. The highest BCUT2D eigenvalue weighted by atomic mass is 32.1. The molecular weight excluding hydrogens is 262 g/mol. The van der Waals surface area contributed by atoms with Crippen LogP contribution >= 0.6 is 11.3 Å². The smallest absolute Gasteiger partial charge is 0.0981 e. The van der Waals surface area contributed by atoms with Crippen molar-refractivity contribution in [3.63, 3.8) is 0 Å². The highest BCUT2D eigenvalue weighted by Gasteiger charge is 2.14. The number of nitrogens with two attached hydrogens (primary N) is 1. The Kier molecular flexibility index (Phi) is 3.54. The molecule has 1 unspecified atom stereocenters. The number of benzene rings is 1. The number of aromatic nitrogens is 1. The summed E-state index contributed by atoms with van der Waals surface area (Å²) in [5, 5.41) is 4.37. The van der Waals surface area contributed by atoms with E-state index in [1.807, 2.05) is 19.1 Å². The topological polar surface area (TPSA) is 69.4 Å². The first-order valence-electron chi connectivity index (χ1n) is 6.32. The van der Waals surface area contributed by atoms with Crippen LogP contribution in [-0.2, 0) is 9.47 Å². The molecule has 1 aromatic heterocycles. The van der Waals surface area contributed by atoms with E-state index < -0.39 is 0 Å². The molecule has 2 heterocycles. The van der Waals surface area contributed by atoms with Crippen molar-refractivity contribution in [3.05, 3.63) is 17.1 Å². The number of nitrogen functional groups attached to an aromatic ring is 1. The van der Waals surface area contributed by atoms with Crippen molar-refractivity contribution in [2.45, 2.75) is 13.0 Å². The molecule has 3 N–H and O–H groups in total. The lowest BCUT2D eigenvalue weighted by Gasteiger charge is -2.23. The molecule has 0 amide bonds. The minimum absolute atomic E-state index is 0.0843. The standard InChI is InChI=1S/C13H17N3O2S/c1-8-16-12-5-11(10(14)4-13(12)19-8)15-6-9-7-17-2-3-18-9/h4-5,9,15H,2-3,6-7,14H2,1H3. The van der Waals surface area contributed by atoms with E-state index in [2.05, 4.69) is 10.3 Å². The van der Waals surface area contributed by atoms with E-state index in [1.165, 1.54) is 0 Å². The van der Waals surface area contributed by atoms with Gasteiger partial charge in [0.05, 0.1) is 52.5 Å². The molecule has 5 nitrogen and oxygen atoms in total. The van der Waals surface area contributed by atoms with Crippen LogP contribution in [0.2, 0.25) is 0 Å². The van der Waals surface area contributed by atoms with Gasteiger partial charge in [0.1, 0.15) is 0 Å². The summed E-state index contributed by atoms with van der Waals surface area (Å²) < 4.78 is 12.1. The lowest BCUT2D eigenvalue weighted by atomic mass is 10.2. The number of fused-ring (bicyclic) bond motifs is 1. The van der Waals surface area contributed by atoms with Gasteiger partial charge in [-0.1, -0.05) is 0 Å². The molecule has 1 aliphatic rings. The van der Waals surface area contributed by atoms with Crippen molar-refractivity contribution in [1.82, 2.24) is 4.98 Å². The largest absolute Gasteiger partial charge is 0.397 e. The monoisotopic (exact) mass is 279 g/mol. The molecule has 1 saturated heterocycles. The lowest BCUT2D eigenvalue weighted by Crippen LogP contribution is -2.34. The van der Waals surface area contributed by atoms with Gasteiger partial charge >= 0.3 is 0 Å². The fraction of sp³-hybridized carbons (Fsp3) is 0.462. The fourth-order valence-electron chi connectivity index (χ4n) is 2.14. The third-order valence-electron chi connectivity index (χ3n) is 3.07. The molecular formula is C13H17N3O2S. The summed E-state index contributed by atoms with van der Waals surface area (Å²) in [6.45, 7) is 4.67. The molecule has 1 fully saturated rings. The van der Waals surface area contributed by atoms with E-state index >= 15 is 0 Å². The van der Waals surface area contributed by atoms with Crippen molar-refractivity contribution in [2.24, 2.45) is 0 Å². The molecule has 19 heavy (non-hydrogen) atoms. The number of thiazole rings is 1. The van der Waals surface area contributed by atoms with Crippen LogP contribution in [0, 0.1) is 6.92 Å². The van der Waals surface area contributed by atoms with Crippen molar-refractivity contribution < 1.29 is 9.47 Å². The Bertz CT molecular complexity index is 579. The molecule has 1 aromatic carbocycles. The normalized spacial score (nSPS) is 19.7. The number of hydrogen-bond acceptors (Lipinski definition) is 6. The Labute approximate surface area is 115 Å². The number of nitrogens with zero attached hydrogens (tertiary/aromatic N) is 1. The second-order valence-electron chi connectivity index (χ2n) is 4.59.